The Kier molecular flexibility index (Phi) is 3.91. The number of rotatable bonds is 5. The van der Waals surface area contributed by atoms with Gasteiger partial charge in [0, 0.05) is 12.7 Å². The van der Waals surface area contributed by atoms with E-state index in [1.54, 1.807) is 29.9 Å². The summed E-state index contributed by atoms with van der Waals surface area (Å²) in [7, 11) is 0. The van der Waals surface area contributed by atoms with Gasteiger partial charge < -0.3 is 4.74 Å². The Balaban J connectivity index is 2.70. The third kappa shape index (κ3) is 2.45. The summed E-state index contributed by atoms with van der Waals surface area (Å²) < 4.78 is 6.51. The van der Waals surface area contributed by atoms with Gasteiger partial charge in [-0.2, -0.15) is 5.10 Å². The topological polar surface area (TPSA) is 44.1 Å². The van der Waals surface area contributed by atoms with Crippen LogP contribution in [0.5, 0.6) is 0 Å². The second kappa shape index (κ2) is 5.21. The zero-order chi connectivity index (χ0) is 10.4. The monoisotopic (exact) mass is 194 g/mol. The molecule has 14 heavy (non-hydrogen) atoms. The van der Waals surface area contributed by atoms with Gasteiger partial charge in [-0.15, -0.1) is 6.58 Å². The number of nitrogens with zero attached hydrogens (tertiary/aromatic N) is 2. The van der Waals surface area contributed by atoms with Crippen molar-refractivity contribution in [3.05, 3.63) is 30.6 Å². The Morgan fingerprint density at radius 2 is 2.57 bits per heavy atom. The number of carbonyl (C=O) groups is 1. The molecule has 0 fully saturated rings. The SMILES string of the molecule is C=CCCn1nccc1C(=O)OCC. The Morgan fingerprint density at radius 1 is 1.79 bits per heavy atom. The lowest BCUT2D eigenvalue weighted by atomic mass is 10.4. The molecule has 0 aliphatic heterocycles. The van der Waals surface area contributed by atoms with E-state index < -0.39 is 0 Å². The Labute approximate surface area is 83.2 Å². The maximum Gasteiger partial charge on any atom is 0.356 e. The van der Waals surface area contributed by atoms with Crippen LogP contribution in [-0.4, -0.2) is 22.4 Å². The Hall–Kier alpha value is -1.58. The van der Waals surface area contributed by atoms with Crippen LogP contribution < -0.4 is 0 Å². The molecule has 0 saturated carbocycles. The van der Waals surface area contributed by atoms with Gasteiger partial charge in [-0.3, -0.25) is 4.68 Å². The van der Waals surface area contributed by atoms with Gasteiger partial charge in [0.25, 0.3) is 0 Å². The minimum Gasteiger partial charge on any atom is -0.461 e. The summed E-state index contributed by atoms with van der Waals surface area (Å²) in [5.74, 6) is -0.325. The van der Waals surface area contributed by atoms with Crippen molar-refractivity contribution in [3.63, 3.8) is 0 Å². The molecule has 0 saturated heterocycles. The summed E-state index contributed by atoms with van der Waals surface area (Å²) in [6.07, 6.45) is 4.17. The highest BCUT2D eigenvalue weighted by atomic mass is 16.5. The van der Waals surface area contributed by atoms with E-state index in [0.29, 0.717) is 18.8 Å². The molecule has 0 spiro atoms. The van der Waals surface area contributed by atoms with Crippen LogP contribution in [0.1, 0.15) is 23.8 Å². The highest BCUT2D eigenvalue weighted by Crippen LogP contribution is 2.02. The minimum absolute atomic E-state index is 0.325. The molecular formula is C10H14N2O2. The molecule has 1 aromatic rings. The normalized spacial score (nSPS) is 9.79. The van der Waals surface area contributed by atoms with E-state index in [1.165, 1.54) is 0 Å². The van der Waals surface area contributed by atoms with Gasteiger partial charge in [0.15, 0.2) is 0 Å². The maximum atomic E-state index is 11.4. The summed E-state index contributed by atoms with van der Waals surface area (Å²) in [5.41, 5.74) is 0.494. The number of aryl methyl sites for hydroxylation is 1. The molecule has 4 nitrogen and oxygen atoms in total. The number of carbonyl (C=O) groups excluding carboxylic acids is 1. The molecule has 0 atom stereocenters. The summed E-state index contributed by atoms with van der Waals surface area (Å²) in [4.78, 5) is 11.4. The molecule has 1 rings (SSSR count). The lowest BCUT2D eigenvalue weighted by Gasteiger charge is -2.04. The van der Waals surface area contributed by atoms with E-state index >= 15 is 0 Å². The zero-order valence-corrected chi connectivity index (χ0v) is 8.27. The highest BCUT2D eigenvalue weighted by molar-refractivity contribution is 5.87. The quantitative estimate of drug-likeness (QED) is 0.528. The lowest BCUT2D eigenvalue weighted by Crippen LogP contribution is -2.13. The van der Waals surface area contributed by atoms with Crippen LogP contribution in [0.15, 0.2) is 24.9 Å². The molecule has 1 heterocycles. The first-order chi connectivity index (χ1) is 6.79. The summed E-state index contributed by atoms with van der Waals surface area (Å²) in [6.45, 7) is 6.43. The van der Waals surface area contributed by atoms with Crippen LogP contribution in [0.4, 0.5) is 0 Å². The van der Waals surface area contributed by atoms with Crippen molar-refractivity contribution in [2.45, 2.75) is 19.9 Å². The van der Waals surface area contributed by atoms with Crippen LogP contribution >= 0.6 is 0 Å². The first kappa shape index (κ1) is 10.5. The average molecular weight is 194 g/mol. The van der Waals surface area contributed by atoms with Crippen molar-refractivity contribution in [2.75, 3.05) is 6.61 Å². The first-order valence-corrected chi connectivity index (χ1v) is 4.59. The van der Waals surface area contributed by atoms with E-state index in [9.17, 15) is 4.79 Å². The van der Waals surface area contributed by atoms with E-state index in [4.69, 9.17) is 4.74 Å². The molecule has 0 aliphatic rings. The third-order valence-corrected chi connectivity index (χ3v) is 1.75. The molecule has 0 bridgehead atoms. The van der Waals surface area contributed by atoms with E-state index in [-0.39, 0.29) is 5.97 Å². The number of aromatic nitrogens is 2. The molecule has 0 aliphatic carbocycles. The van der Waals surface area contributed by atoms with Crippen molar-refractivity contribution >= 4 is 5.97 Å². The molecular weight excluding hydrogens is 180 g/mol. The molecule has 0 amide bonds. The number of allylic oxidation sites excluding steroid dienone is 1. The fourth-order valence-corrected chi connectivity index (χ4v) is 1.10. The summed E-state index contributed by atoms with van der Waals surface area (Å²) in [6, 6.07) is 1.65. The van der Waals surface area contributed by atoms with Gasteiger partial charge in [-0.25, -0.2) is 4.79 Å². The molecule has 1 aromatic heterocycles. The molecule has 4 heteroatoms. The summed E-state index contributed by atoms with van der Waals surface area (Å²) >= 11 is 0. The maximum absolute atomic E-state index is 11.4. The van der Waals surface area contributed by atoms with Crippen molar-refractivity contribution in [1.82, 2.24) is 9.78 Å². The molecule has 0 aromatic carbocycles. The van der Waals surface area contributed by atoms with Crippen molar-refractivity contribution in [1.29, 1.82) is 0 Å². The van der Waals surface area contributed by atoms with E-state index in [0.717, 1.165) is 6.42 Å². The smallest absolute Gasteiger partial charge is 0.356 e. The second-order valence-corrected chi connectivity index (χ2v) is 2.74. The van der Waals surface area contributed by atoms with Crippen molar-refractivity contribution < 1.29 is 9.53 Å². The zero-order valence-electron chi connectivity index (χ0n) is 8.27. The van der Waals surface area contributed by atoms with Crippen LogP contribution in [0, 0.1) is 0 Å². The van der Waals surface area contributed by atoms with E-state index in [1.807, 2.05) is 0 Å². The van der Waals surface area contributed by atoms with Gasteiger partial charge in [-0.1, -0.05) is 6.08 Å². The predicted octanol–water partition coefficient (Wildman–Crippen LogP) is 1.64. The van der Waals surface area contributed by atoms with Crippen LogP contribution in [0.3, 0.4) is 0 Å². The summed E-state index contributed by atoms with van der Waals surface area (Å²) in [5, 5.41) is 4.03. The molecule has 0 unspecified atom stereocenters. The van der Waals surface area contributed by atoms with Crippen LogP contribution in [0.25, 0.3) is 0 Å². The van der Waals surface area contributed by atoms with Gasteiger partial charge in [0.05, 0.1) is 6.61 Å². The fraction of sp³-hybridized carbons (Fsp3) is 0.400. The molecule has 76 valence electrons. The van der Waals surface area contributed by atoms with Crippen LogP contribution in [-0.2, 0) is 11.3 Å². The second-order valence-electron chi connectivity index (χ2n) is 2.74. The van der Waals surface area contributed by atoms with E-state index in [2.05, 4.69) is 11.7 Å². The van der Waals surface area contributed by atoms with Crippen molar-refractivity contribution in [3.8, 4) is 0 Å². The largest absolute Gasteiger partial charge is 0.461 e. The van der Waals surface area contributed by atoms with Gasteiger partial charge >= 0.3 is 5.97 Å². The number of hydrogen-bond acceptors (Lipinski definition) is 3. The van der Waals surface area contributed by atoms with Gasteiger partial charge in [0.1, 0.15) is 5.69 Å². The van der Waals surface area contributed by atoms with Crippen molar-refractivity contribution in [2.24, 2.45) is 0 Å². The number of ether oxygens (including phenoxy) is 1. The standard InChI is InChI=1S/C10H14N2O2/c1-3-5-8-12-9(6-7-11-12)10(13)14-4-2/h3,6-7H,1,4-5,8H2,2H3. The predicted molar refractivity (Wildman–Crippen MR) is 53.0 cm³/mol. The van der Waals surface area contributed by atoms with Gasteiger partial charge in [-0.05, 0) is 19.4 Å². The first-order valence-electron chi connectivity index (χ1n) is 4.59. The minimum atomic E-state index is -0.325. The fourth-order valence-electron chi connectivity index (χ4n) is 1.10. The third-order valence-electron chi connectivity index (χ3n) is 1.75. The van der Waals surface area contributed by atoms with Gasteiger partial charge in [0.2, 0.25) is 0 Å². The Morgan fingerprint density at radius 3 is 3.21 bits per heavy atom. The highest BCUT2D eigenvalue weighted by Gasteiger charge is 2.11. The number of esters is 1. The molecule has 0 radical (unpaired) electrons. The average Bonchev–Trinajstić information content (AvgIpc) is 2.63. The number of hydrogen-bond donors (Lipinski definition) is 0. The lowest BCUT2D eigenvalue weighted by molar-refractivity contribution is 0.0512. The molecule has 0 N–H and O–H groups in total. The Bertz CT molecular complexity index is 318. The van der Waals surface area contributed by atoms with Crippen LogP contribution in [0.2, 0.25) is 0 Å².